The molecule has 2 aliphatic carbocycles. The Morgan fingerprint density at radius 3 is 2.67 bits per heavy atom. The molecule has 86 valence electrons. The van der Waals surface area contributed by atoms with E-state index in [-0.39, 0.29) is 11.5 Å². The second kappa shape index (κ2) is 4.65. The maximum absolute atomic E-state index is 11.8. The quantitative estimate of drug-likeness (QED) is 0.666. The van der Waals surface area contributed by atoms with Crippen molar-refractivity contribution in [3.63, 3.8) is 0 Å². The van der Waals surface area contributed by atoms with Crippen LogP contribution in [0.3, 0.4) is 0 Å². The fourth-order valence-electron chi connectivity index (χ4n) is 2.99. The molecule has 0 bridgehead atoms. The molecule has 1 unspecified atom stereocenters. The molecule has 0 saturated heterocycles. The van der Waals surface area contributed by atoms with Crippen LogP contribution < -0.4 is 0 Å². The van der Waals surface area contributed by atoms with Crippen molar-refractivity contribution < 1.29 is 9.53 Å². The van der Waals surface area contributed by atoms with Gasteiger partial charge < -0.3 is 4.74 Å². The molecule has 2 saturated carbocycles. The number of ketones is 1. The summed E-state index contributed by atoms with van der Waals surface area (Å²) in [5.41, 5.74) is -0.0357. The van der Waals surface area contributed by atoms with E-state index in [1.807, 2.05) is 0 Å². The van der Waals surface area contributed by atoms with Gasteiger partial charge in [0.1, 0.15) is 5.78 Å². The predicted octanol–water partition coefficient (Wildman–Crippen LogP) is 3.10. The molecule has 2 fully saturated rings. The monoisotopic (exact) mass is 210 g/mol. The highest BCUT2D eigenvalue weighted by Crippen LogP contribution is 2.50. The second-order valence-corrected chi connectivity index (χ2v) is 5.06. The highest BCUT2D eigenvalue weighted by molar-refractivity contribution is 5.92. The lowest BCUT2D eigenvalue weighted by Crippen LogP contribution is -2.56. The fourth-order valence-corrected chi connectivity index (χ4v) is 2.99. The van der Waals surface area contributed by atoms with Gasteiger partial charge in [0.2, 0.25) is 0 Å². The molecular formula is C13H22O2. The van der Waals surface area contributed by atoms with E-state index in [0.29, 0.717) is 12.2 Å². The summed E-state index contributed by atoms with van der Waals surface area (Å²) in [6, 6.07) is 0. The summed E-state index contributed by atoms with van der Waals surface area (Å²) in [7, 11) is 0. The largest absolute Gasteiger partial charge is 0.377 e. The minimum absolute atomic E-state index is 0.0357. The van der Waals surface area contributed by atoms with Crippen molar-refractivity contribution in [3.8, 4) is 0 Å². The minimum Gasteiger partial charge on any atom is -0.377 e. The lowest BCUT2D eigenvalue weighted by atomic mass is 9.57. The Bertz CT molecular complexity index is 229. The van der Waals surface area contributed by atoms with E-state index in [2.05, 4.69) is 6.92 Å². The average molecular weight is 210 g/mol. The van der Waals surface area contributed by atoms with Crippen molar-refractivity contribution in [3.05, 3.63) is 0 Å². The second-order valence-electron chi connectivity index (χ2n) is 5.06. The van der Waals surface area contributed by atoms with Crippen molar-refractivity contribution >= 4 is 5.78 Å². The summed E-state index contributed by atoms with van der Waals surface area (Å²) in [6.07, 6.45) is 9.16. The van der Waals surface area contributed by atoms with Crippen molar-refractivity contribution in [2.24, 2.45) is 5.41 Å². The van der Waals surface area contributed by atoms with Crippen LogP contribution in [0.5, 0.6) is 0 Å². The zero-order chi connectivity index (χ0) is 10.7. The predicted molar refractivity (Wildman–Crippen MR) is 59.8 cm³/mol. The Balaban J connectivity index is 1.87. The molecule has 15 heavy (non-hydrogen) atoms. The van der Waals surface area contributed by atoms with E-state index in [4.69, 9.17) is 4.74 Å². The number of hydrogen-bond donors (Lipinski definition) is 0. The van der Waals surface area contributed by atoms with Gasteiger partial charge in [-0.15, -0.1) is 0 Å². The van der Waals surface area contributed by atoms with E-state index in [0.717, 1.165) is 25.9 Å². The zero-order valence-electron chi connectivity index (χ0n) is 9.76. The molecule has 2 nitrogen and oxygen atoms in total. The van der Waals surface area contributed by atoms with Gasteiger partial charge >= 0.3 is 0 Å². The van der Waals surface area contributed by atoms with Gasteiger partial charge in [-0.2, -0.15) is 0 Å². The topological polar surface area (TPSA) is 26.3 Å². The maximum Gasteiger partial charge on any atom is 0.144 e. The molecule has 0 amide bonds. The number of rotatable bonds is 4. The van der Waals surface area contributed by atoms with Gasteiger partial charge in [0.15, 0.2) is 0 Å². The molecule has 0 aromatic carbocycles. The van der Waals surface area contributed by atoms with Gasteiger partial charge in [-0.1, -0.05) is 32.6 Å². The third kappa shape index (κ3) is 1.96. The first-order chi connectivity index (χ1) is 7.29. The van der Waals surface area contributed by atoms with Crippen molar-refractivity contribution in [2.75, 3.05) is 6.61 Å². The maximum atomic E-state index is 11.8. The van der Waals surface area contributed by atoms with Gasteiger partial charge in [0.25, 0.3) is 0 Å². The first-order valence-electron chi connectivity index (χ1n) is 6.44. The molecule has 1 spiro atoms. The van der Waals surface area contributed by atoms with Crippen LogP contribution in [0.1, 0.15) is 58.3 Å². The summed E-state index contributed by atoms with van der Waals surface area (Å²) in [5.74, 6) is 0.476. The Kier molecular flexibility index (Phi) is 3.45. The zero-order valence-corrected chi connectivity index (χ0v) is 9.76. The molecule has 0 heterocycles. The Morgan fingerprint density at radius 1 is 1.33 bits per heavy atom. The van der Waals surface area contributed by atoms with Gasteiger partial charge in [0, 0.05) is 13.0 Å². The van der Waals surface area contributed by atoms with Gasteiger partial charge in [-0.05, 0) is 19.3 Å². The number of ether oxygens (including phenoxy) is 1. The number of hydrogen-bond acceptors (Lipinski definition) is 2. The first kappa shape index (κ1) is 11.1. The normalized spacial score (nSPS) is 29.1. The highest BCUT2D eigenvalue weighted by atomic mass is 16.5. The highest BCUT2D eigenvalue weighted by Gasteiger charge is 2.55. The van der Waals surface area contributed by atoms with Crippen LogP contribution in [0.25, 0.3) is 0 Å². The lowest BCUT2D eigenvalue weighted by Gasteiger charge is -2.49. The number of carbonyl (C=O) groups excluding carboxylic acids is 1. The Labute approximate surface area is 92.4 Å². The SMILES string of the molecule is CCCCOC1CC(=O)C12CCCCC2. The van der Waals surface area contributed by atoms with Gasteiger partial charge in [0.05, 0.1) is 11.5 Å². The minimum atomic E-state index is -0.0357. The number of carbonyl (C=O) groups is 1. The summed E-state index contributed by atoms with van der Waals surface area (Å²) in [6.45, 7) is 3.02. The average Bonchev–Trinajstić information content (AvgIpc) is 2.29. The first-order valence-corrected chi connectivity index (χ1v) is 6.44. The number of Topliss-reactive ketones (excluding diaryl/α,β-unsaturated/α-hetero) is 1. The van der Waals surface area contributed by atoms with E-state index < -0.39 is 0 Å². The van der Waals surface area contributed by atoms with Crippen molar-refractivity contribution in [2.45, 2.75) is 64.4 Å². The molecule has 2 aliphatic rings. The van der Waals surface area contributed by atoms with Crippen LogP contribution in [0, 0.1) is 5.41 Å². The standard InChI is InChI=1S/C13H22O2/c1-2-3-9-15-12-10-11(14)13(12)7-5-4-6-8-13/h12H,2-10H2,1H3. The van der Waals surface area contributed by atoms with E-state index in [9.17, 15) is 4.79 Å². The smallest absolute Gasteiger partial charge is 0.144 e. The molecular weight excluding hydrogens is 188 g/mol. The van der Waals surface area contributed by atoms with Crippen LogP contribution in [-0.2, 0) is 9.53 Å². The third-order valence-electron chi connectivity index (χ3n) is 4.11. The summed E-state index contributed by atoms with van der Waals surface area (Å²) in [5, 5.41) is 0. The molecule has 2 heteroatoms. The molecule has 0 aromatic heterocycles. The molecule has 0 radical (unpaired) electrons. The van der Waals surface area contributed by atoms with Crippen molar-refractivity contribution in [1.29, 1.82) is 0 Å². The Hall–Kier alpha value is -0.370. The molecule has 2 rings (SSSR count). The summed E-state index contributed by atoms with van der Waals surface area (Å²) in [4.78, 5) is 11.8. The summed E-state index contributed by atoms with van der Waals surface area (Å²) >= 11 is 0. The lowest BCUT2D eigenvalue weighted by molar-refractivity contribution is -0.169. The van der Waals surface area contributed by atoms with Crippen LogP contribution in [0.15, 0.2) is 0 Å². The molecule has 1 atom stereocenters. The van der Waals surface area contributed by atoms with Crippen LogP contribution in [-0.4, -0.2) is 18.5 Å². The Morgan fingerprint density at radius 2 is 2.07 bits per heavy atom. The molecule has 0 aliphatic heterocycles. The van der Waals surface area contributed by atoms with Crippen molar-refractivity contribution in [1.82, 2.24) is 0 Å². The summed E-state index contributed by atoms with van der Waals surface area (Å²) < 4.78 is 5.86. The van der Waals surface area contributed by atoms with Gasteiger partial charge in [-0.3, -0.25) is 4.79 Å². The van der Waals surface area contributed by atoms with Crippen LogP contribution in [0.4, 0.5) is 0 Å². The molecule has 0 N–H and O–H groups in total. The number of unbranched alkanes of at least 4 members (excludes halogenated alkanes) is 1. The van der Waals surface area contributed by atoms with Crippen LogP contribution in [0.2, 0.25) is 0 Å². The van der Waals surface area contributed by atoms with E-state index in [1.54, 1.807) is 0 Å². The van der Waals surface area contributed by atoms with E-state index >= 15 is 0 Å². The third-order valence-corrected chi connectivity index (χ3v) is 4.11. The fraction of sp³-hybridized carbons (Fsp3) is 0.923. The molecule has 0 aromatic rings. The van der Waals surface area contributed by atoms with Gasteiger partial charge in [-0.25, -0.2) is 0 Å². The van der Waals surface area contributed by atoms with E-state index in [1.165, 1.54) is 25.7 Å². The van der Waals surface area contributed by atoms with Crippen LogP contribution >= 0.6 is 0 Å².